The van der Waals surface area contributed by atoms with Crippen LogP contribution in [0.15, 0.2) is 4.52 Å². The molecule has 1 aliphatic carbocycles. The van der Waals surface area contributed by atoms with Crippen molar-refractivity contribution >= 4 is 17.8 Å². The summed E-state index contributed by atoms with van der Waals surface area (Å²) < 4.78 is 43.2. The minimum atomic E-state index is -5.08. The Hall–Kier alpha value is -2.67. The first-order valence-electron chi connectivity index (χ1n) is 11.5. The van der Waals surface area contributed by atoms with E-state index in [0.29, 0.717) is 55.6 Å². The molecule has 1 saturated carbocycles. The molecule has 3 aliphatic rings. The van der Waals surface area contributed by atoms with E-state index < -0.39 is 12.1 Å². The number of likely N-dealkylation sites (tertiary alicyclic amines) is 1. The number of nitrogens with one attached hydrogen (secondary N) is 1. The highest BCUT2D eigenvalue weighted by Crippen LogP contribution is 2.36. The number of amides is 2. The standard InChI is InChI=1S/C20H30N4O4.C2HF3O2/c1-4-5-16-17(13(2)22-28-16)19(26)24-11-20(12-24)10-23(8-14-6-7-14)15(9-27-20)18(25)21-3;3-2(4,5)1(6)7/h14-15H,4-12H2,1-3H3,(H,21,25);(H,6,7). The van der Waals surface area contributed by atoms with Gasteiger partial charge in [-0.2, -0.15) is 13.2 Å². The normalized spacial score (nSPS) is 21.7. The highest BCUT2D eigenvalue weighted by molar-refractivity contribution is 5.97. The van der Waals surface area contributed by atoms with E-state index in [1.165, 1.54) is 12.8 Å². The number of halogens is 3. The number of carbonyl (C=O) groups excluding carboxylic acids is 2. The van der Waals surface area contributed by atoms with Gasteiger partial charge in [-0.3, -0.25) is 14.5 Å². The van der Waals surface area contributed by atoms with E-state index in [2.05, 4.69) is 22.3 Å². The number of ether oxygens (including phenoxy) is 1. The first kappa shape index (κ1) is 26.9. The summed E-state index contributed by atoms with van der Waals surface area (Å²) in [5.41, 5.74) is 0.880. The molecule has 1 aromatic heterocycles. The molecular formula is C22H31F3N4O6. The second kappa shape index (κ2) is 10.5. The third kappa shape index (κ3) is 6.31. The average molecular weight is 505 g/mol. The summed E-state index contributed by atoms with van der Waals surface area (Å²) in [5, 5.41) is 13.9. The fraction of sp³-hybridized carbons (Fsp3) is 0.727. The number of nitrogens with zero attached hydrogens (tertiary/aromatic N) is 3. The molecule has 2 amide bonds. The van der Waals surface area contributed by atoms with E-state index in [0.717, 1.165) is 13.0 Å². The van der Waals surface area contributed by atoms with Crippen molar-refractivity contribution in [2.75, 3.05) is 39.8 Å². The van der Waals surface area contributed by atoms with Crippen LogP contribution in [0.3, 0.4) is 0 Å². The van der Waals surface area contributed by atoms with Crippen LogP contribution in [0.25, 0.3) is 0 Å². The quantitative estimate of drug-likeness (QED) is 0.599. The third-order valence-corrected chi connectivity index (χ3v) is 6.33. The third-order valence-electron chi connectivity index (χ3n) is 6.33. The topological polar surface area (TPSA) is 125 Å². The van der Waals surface area contributed by atoms with Gasteiger partial charge in [0.25, 0.3) is 5.91 Å². The molecule has 196 valence electrons. The fourth-order valence-electron chi connectivity index (χ4n) is 4.35. The number of aromatic nitrogens is 1. The van der Waals surface area contributed by atoms with Crippen molar-refractivity contribution in [2.45, 2.75) is 57.3 Å². The fourth-order valence-corrected chi connectivity index (χ4v) is 4.35. The molecule has 3 heterocycles. The van der Waals surface area contributed by atoms with Crippen LogP contribution in [0.1, 0.15) is 48.0 Å². The summed E-state index contributed by atoms with van der Waals surface area (Å²) in [7, 11) is 1.67. The first-order chi connectivity index (χ1) is 16.4. The lowest BCUT2D eigenvalue weighted by Crippen LogP contribution is -2.73. The number of alkyl halides is 3. The molecule has 0 bridgehead atoms. The number of rotatable bonds is 6. The molecule has 3 fully saturated rings. The number of aryl methyl sites for hydroxylation is 2. The zero-order valence-electron chi connectivity index (χ0n) is 20.0. The molecule has 1 aromatic rings. The molecule has 2 saturated heterocycles. The molecule has 2 N–H and O–H groups in total. The molecule has 0 radical (unpaired) electrons. The van der Waals surface area contributed by atoms with Crippen LogP contribution >= 0.6 is 0 Å². The van der Waals surface area contributed by atoms with Gasteiger partial charge in [-0.15, -0.1) is 0 Å². The summed E-state index contributed by atoms with van der Waals surface area (Å²) in [4.78, 5) is 38.2. The van der Waals surface area contributed by atoms with Crippen molar-refractivity contribution in [1.29, 1.82) is 0 Å². The van der Waals surface area contributed by atoms with Gasteiger partial charge in [-0.05, 0) is 32.1 Å². The summed E-state index contributed by atoms with van der Waals surface area (Å²) in [6.45, 7) is 6.96. The van der Waals surface area contributed by atoms with E-state index in [1.54, 1.807) is 7.05 Å². The van der Waals surface area contributed by atoms with Crippen molar-refractivity contribution in [3.63, 3.8) is 0 Å². The number of carboxylic acid groups (broad SMARTS) is 1. The zero-order valence-corrected chi connectivity index (χ0v) is 20.0. The van der Waals surface area contributed by atoms with Crippen molar-refractivity contribution in [1.82, 2.24) is 20.3 Å². The monoisotopic (exact) mass is 504 g/mol. The number of morpholine rings is 1. The second-order valence-corrected chi connectivity index (χ2v) is 9.28. The van der Waals surface area contributed by atoms with Gasteiger partial charge in [-0.1, -0.05) is 12.1 Å². The molecule has 4 rings (SSSR count). The molecule has 35 heavy (non-hydrogen) atoms. The lowest BCUT2D eigenvalue weighted by atomic mass is 9.89. The number of hydrogen-bond acceptors (Lipinski definition) is 7. The van der Waals surface area contributed by atoms with Gasteiger partial charge < -0.3 is 24.6 Å². The summed E-state index contributed by atoms with van der Waals surface area (Å²) in [6, 6.07) is -0.238. The number of aliphatic carboxylic acids is 1. The Morgan fingerprint density at radius 1 is 1.23 bits per heavy atom. The van der Waals surface area contributed by atoms with Gasteiger partial charge in [-0.25, -0.2) is 4.79 Å². The van der Waals surface area contributed by atoms with E-state index in [-0.39, 0.29) is 23.5 Å². The maximum Gasteiger partial charge on any atom is 0.490 e. The molecule has 1 atom stereocenters. The van der Waals surface area contributed by atoms with Gasteiger partial charge in [0.1, 0.15) is 23.0 Å². The van der Waals surface area contributed by atoms with E-state index in [1.807, 2.05) is 11.8 Å². The summed E-state index contributed by atoms with van der Waals surface area (Å²) in [5.74, 6) is -1.42. The maximum absolute atomic E-state index is 13.0. The largest absolute Gasteiger partial charge is 0.490 e. The Labute approximate surface area is 200 Å². The van der Waals surface area contributed by atoms with Crippen molar-refractivity contribution in [2.24, 2.45) is 5.92 Å². The van der Waals surface area contributed by atoms with Gasteiger partial charge in [0.2, 0.25) is 5.91 Å². The Balaban J connectivity index is 0.000000429. The minimum Gasteiger partial charge on any atom is -0.475 e. The summed E-state index contributed by atoms with van der Waals surface area (Å²) >= 11 is 0. The Bertz CT molecular complexity index is 940. The number of carboxylic acids is 1. The number of likely N-dealkylation sites (N-methyl/N-ethyl adjacent to an activating group) is 1. The van der Waals surface area contributed by atoms with E-state index >= 15 is 0 Å². The predicted molar refractivity (Wildman–Crippen MR) is 116 cm³/mol. The number of carbonyl (C=O) groups is 3. The lowest BCUT2D eigenvalue weighted by molar-refractivity contribution is -0.192. The van der Waals surface area contributed by atoms with Gasteiger partial charge in [0, 0.05) is 26.6 Å². The SMILES string of the molecule is CCCc1onc(C)c1C(=O)N1CC2(C1)CN(CC1CC1)C(C(=O)NC)CO2.O=C(O)C(F)(F)F. The van der Waals surface area contributed by atoms with Crippen LogP contribution < -0.4 is 5.32 Å². The molecule has 10 nitrogen and oxygen atoms in total. The van der Waals surface area contributed by atoms with Crippen molar-refractivity contribution < 1.29 is 41.9 Å². The molecule has 1 spiro atoms. The predicted octanol–water partition coefficient (Wildman–Crippen LogP) is 1.62. The Kier molecular flexibility index (Phi) is 8.10. The first-order valence-corrected chi connectivity index (χ1v) is 11.5. The Morgan fingerprint density at radius 2 is 1.86 bits per heavy atom. The minimum absolute atomic E-state index is 0.00654. The maximum atomic E-state index is 13.0. The van der Waals surface area contributed by atoms with Crippen LogP contribution in [0.5, 0.6) is 0 Å². The average Bonchev–Trinajstić information content (AvgIpc) is 3.51. The molecule has 2 aliphatic heterocycles. The lowest BCUT2D eigenvalue weighted by Gasteiger charge is -2.55. The highest BCUT2D eigenvalue weighted by atomic mass is 19.4. The second-order valence-electron chi connectivity index (χ2n) is 9.28. The van der Waals surface area contributed by atoms with Crippen LogP contribution in [-0.2, 0) is 20.7 Å². The van der Waals surface area contributed by atoms with E-state index in [4.69, 9.17) is 19.2 Å². The van der Waals surface area contributed by atoms with Gasteiger partial charge >= 0.3 is 12.1 Å². The van der Waals surface area contributed by atoms with Crippen LogP contribution in [0, 0.1) is 12.8 Å². The van der Waals surface area contributed by atoms with Crippen LogP contribution in [0.4, 0.5) is 13.2 Å². The van der Waals surface area contributed by atoms with Crippen LogP contribution in [0.2, 0.25) is 0 Å². The highest BCUT2D eigenvalue weighted by Gasteiger charge is 2.53. The number of hydrogen-bond donors (Lipinski definition) is 2. The molecule has 0 aromatic carbocycles. The molecule has 1 unspecified atom stereocenters. The molecule has 13 heteroatoms. The smallest absolute Gasteiger partial charge is 0.475 e. The Morgan fingerprint density at radius 3 is 2.37 bits per heavy atom. The zero-order chi connectivity index (χ0) is 26.0. The van der Waals surface area contributed by atoms with Crippen molar-refractivity contribution in [3.05, 3.63) is 17.0 Å². The summed E-state index contributed by atoms with van der Waals surface area (Å²) in [6.07, 6.45) is -0.996. The van der Waals surface area contributed by atoms with Crippen molar-refractivity contribution in [3.8, 4) is 0 Å². The molecular weight excluding hydrogens is 473 g/mol. The van der Waals surface area contributed by atoms with Gasteiger partial charge in [0.05, 0.1) is 25.4 Å². The van der Waals surface area contributed by atoms with Crippen LogP contribution in [-0.4, -0.2) is 95.5 Å². The van der Waals surface area contributed by atoms with Gasteiger partial charge in [0.15, 0.2) is 0 Å². The van der Waals surface area contributed by atoms with E-state index in [9.17, 15) is 22.8 Å².